The minimum Gasteiger partial charge on any atom is -0.352 e. The monoisotopic (exact) mass is 352 g/mol. The molecule has 8 nitrogen and oxygen atoms in total. The van der Waals surface area contributed by atoms with Gasteiger partial charge in [0.2, 0.25) is 0 Å². The van der Waals surface area contributed by atoms with Crippen LogP contribution < -0.4 is 11.2 Å². The van der Waals surface area contributed by atoms with Crippen LogP contribution in [0.5, 0.6) is 0 Å². The molecule has 10 heteroatoms. The lowest BCUT2D eigenvalue weighted by molar-refractivity contribution is -0.0201. The van der Waals surface area contributed by atoms with Gasteiger partial charge in [-0.1, -0.05) is 0 Å². The minimum atomic E-state index is -3.43. The summed E-state index contributed by atoms with van der Waals surface area (Å²) in [5.41, 5.74) is -0.691. The molecule has 22 heavy (non-hydrogen) atoms. The highest BCUT2D eigenvalue weighted by molar-refractivity contribution is 7.83. The fourth-order valence-electron chi connectivity index (χ4n) is 1.95. The second-order valence-electron chi connectivity index (χ2n) is 5.17. The van der Waals surface area contributed by atoms with Crippen molar-refractivity contribution >= 4 is 18.1 Å². The van der Waals surface area contributed by atoms with Gasteiger partial charge in [-0.2, -0.15) is 0 Å². The third kappa shape index (κ3) is 3.88. The molecule has 1 aromatic rings. The summed E-state index contributed by atoms with van der Waals surface area (Å²) in [6, 6.07) is 0. The maximum absolute atomic E-state index is 11.9. The molecule has 2 unspecified atom stereocenters. The van der Waals surface area contributed by atoms with Gasteiger partial charge in [0.15, 0.2) is 0 Å². The van der Waals surface area contributed by atoms with Crippen molar-refractivity contribution in [2.45, 2.75) is 32.1 Å². The van der Waals surface area contributed by atoms with E-state index in [2.05, 4.69) is 4.98 Å². The van der Waals surface area contributed by atoms with Crippen LogP contribution in [0.4, 0.5) is 0 Å². The van der Waals surface area contributed by atoms with Crippen molar-refractivity contribution in [2.75, 3.05) is 20.7 Å². The first-order valence-corrected chi connectivity index (χ1v) is 9.12. The zero-order valence-electron chi connectivity index (χ0n) is 13.5. The van der Waals surface area contributed by atoms with Crippen LogP contribution >= 0.6 is 18.1 Å². The van der Waals surface area contributed by atoms with Gasteiger partial charge < -0.3 is 9.26 Å². The standard InChI is InChI=1S/C12H19ClN3O5P/c1-8-6-16(12(18)14-11(8)17)10-5-4-9(21-10)7-20-22(13,19)15(2)3/h6,9-10H,4-5,7H2,1-3H3,(H,14,17,18)/t9?,10-,22?/m1/s1/i4D/t4-,9?,10+,22?/m0. The first-order chi connectivity index (χ1) is 10.6. The first kappa shape index (κ1) is 16.0. The zero-order valence-corrected chi connectivity index (χ0v) is 14.1. The summed E-state index contributed by atoms with van der Waals surface area (Å²) in [7, 11) is 3.04. The van der Waals surface area contributed by atoms with Crippen molar-refractivity contribution in [3.8, 4) is 0 Å². The normalized spacial score (nSPS) is 28.6. The smallest absolute Gasteiger partial charge is 0.352 e. The minimum absolute atomic E-state index is 0.124. The number of aromatic amines is 1. The highest BCUT2D eigenvalue weighted by atomic mass is 35.7. The number of aromatic nitrogens is 2. The largest absolute Gasteiger partial charge is 0.362 e. The summed E-state index contributed by atoms with van der Waals surface area (Å²) in [6.07, 6.45) is -0.394. The average Bonchev–Trinajstić information content (AvgIpc) is 2.81. The van der Waals surface area contributed by atoms with E-state index in [4.69, 9.17) is 21.9 Å². The molecule has 0 radical (unpaired) electrons. The molecule has 124 valence electrons. The Bertz CT molecular complexity index is 736. The highest BCUT2D eigenvalue weighted by Gasteiger charge is 2.31. The SMILES string of the molecule is [2H][C@H]1C[C@H](n2cc(C)c(=O)[nH]c2=O)OC1COP(=O)(Cl)N(C)C. The van der Waals surface area contributed by atoms with E-state index in [1.165, 1.54) is 29.5 Å². The summed E-state index contributed by atoms with van der Waals surface area (Å²) >= 11 is 5.76. The Morgan fingerprint density at radius 1 is 1.64 bits per heavy atom. The molecule has 1 fully saturated rings. The van der Waals surface area contributed by atoms with Crippen molar-refractivity contribution < 1.29 is 15.2 Å². The molecule has 1 N–H and O–H groups in total. The molecule has 2 rings (SSSR count). The van der Waals surface area contributed by atoms with Gasteiger partial charge in [-0.15, -0.1) is 0 Å². The maximum atomic E-state index is 11.9. The molecule has 1 aliphatic heterocycles. The van der Waals surface area contributed by atoms with E-state index >= 15 is 0 Å². The molecule has 1 aliphatic rings. The number of nitrogens with one attached hydrogen (secondary N) is 1. The van der Waals surface area contributed by atoms with Gasteiger partial charge in [0.05, 0.1) is 12.7 Å². The van der Waals surface area contributed by atoms with Crippen LogP contribution in [0.2, 0.25) is 0 Å². The van der Waals surface area contributed by atoms with Crippen molar-refractivity contribution in [3.05, 3.63) is 32.6 Å². The second-order valence-corrected chi connectivity index (χ2v) is 8.42. The lowest BCUT2D eigenvalue weighted by Crippen LogP contribution is -2.33. The molecule has 4 atom stereocenters. The summed E-state index contributed by atoms with van der Waals surface area (Å²) in [5, 5.41) is 0. The van der Waals surface area contributed by atoms with Gasteiger partial charge in [-0.3, -0.25) is 18.9 Å². The van der Waals surface area contributed by atoms with E-state index in [0.717, 1.165) is 0 Å². The molecular formula is C12H19ClN3O5P. The number of hydrogen-bond acceptors (Lipinski definition) is 5. The van der Waals surface area contributed by atoms with E-state index in [1.807, 2.05) is 0 Å². The molecule has 0 aliphatic carbocycles. The van der Waals surface area contributed by atoms with Gasteiger partial charge in [-0.25, -0.2) is 9.46 Å². The molecule has 2 heterocycles. The van der Waals surface area contributed by atoms with Gasteiger partial charge >= 0.3 is 12.6 Å². The molecule has 0 bridgehead atoms. The second kappa shape index (κ2) is 6.68. The Kier molecular flexibility index (Phi) is 4.84. The molecule has 1 aromatic heterocycles. The van der Waals surface area contributed by atoms with Gasteiger partial charge in [0, 0.05) is 13.1 Å². The third-order valence-electron chi connectivity index (χ3n) is 3.26. The van der Waals surface area contributed by atoms with Crippen molar-refractivity contribution in [1.82, 2.24) is 14.2 Å². The van der Waals surface area contributed by atoms with Crippen LogP contribution in [0, 0.1) is 6.92 Å². The fourth-order valence-corrected chi connectivity index (χ4v) is 2.68. The van der Waals surface area contributed by atoms with E-state index in [1.54, 1.807) is 6.92 Å². The molecule has 1 saturated heterocycles. The Morgan fingerprint density at radius 2 is 2.32 bits per heavy atom. The molecule has 0 amide bonds. The number of aryl methyl sites for hydroxylation is 1. The lowest BCUT2D eigenvalue weighted by atomic mass is 10.2. The number of rotatable bonds is 5. The van der Waals surface area contributed by atoms with Gasteiger partial charge in [0.25, 0.3) is 5.56 Å². The number of halogens is 1. The van der Waals surface area contributed by atoms with E-state index in [-0.39, 0.29) is 13.0 Å². The lowest BCUT2D eigenvalue weighted by Gasteiger charge is -2.20. The Labute approximate surface area is 133 Å². The number of hydrogen-bond donors (Lipinski definition) is 1. The highest BCUT2D eigenvalue weighted by Crippen LogP contribution is 2.54. The van der Waals surface area contributed by atoms with Crippen LogP contribution in [0.25, 0.3) is 0 Å². The number of nitrogens with zero attached hydrogens (tertiary/aromatic N) is 2. The topological polar surface area (TPSA) is 93.6 Å². The summed E-state index contributed by atoms with van der Waals surface area (Å²) < 4.78 is 33.2. The predicted molar refractivity (Wildman–Crippen MR) is 82.3 cm³/mol. The molecular weight excluding hydrogens is 333 g/mol. The molecule has 0 spiro atoms. The fraction of sp³-hybridized carbons (Fsp3) is 0.667. The van der Waals surface area contributed by atoms with Crippen LogP contribution in [0.3, 0.4) is 0 Å². The Balaban J connectivity index is 2.10. The first-order valence-electron chi connectivity index (χ1n) is 7.21. The quantitative estimate of drug-likeness (QED) is 0.806. The van der Waals surface area contributed by atoms with Crippen LogP contribution in [0.15, 0.2) is 15.8 Å². The van der Waals surface area contributed by atoms with Gasteiger partial charge in [-0.05, 0) is 45.1 Å². The maximum Gasteiger partial charge on any atom is 0.362 e. The van der Waals surface area contributed by atoms with Crippen molar-refractivity contribution in [1.29, 1.82) is 0 Å². The van der Waals surface area contributed by atoms with E-state index in [9.17, 15) is 14.2 Å². The third-order valence-corrected chi connectivity index (χ3v) is 5.89. The predicted octanol–water partition coefficient (Wildman–Crippen LogP) is 1.45. The summed E-state index contributed by atoms with van der Waals surface area (Å²) in [4.78, 5) is 25.4. The van der Waals surface area contributed by atoms with Crippen LogP contribution in [0.1, 0.15) is 26.0 Å². The number of H-pyrrole nitrogens is 1. The Hall–Kier alpha value is -0.920. The van der Waals surface area contributed by atoms with Crippen molar-refractivity contribution in [2.24, 2.45) is 0 Å². The zero-order chi connectivity index (χ0) is 17.4. The molecule has 0 aromatic carbocycles. The number of ether oxygens (including phenoxy) is 1. The average molecular weight is 353 g/mol. The summed E-state index contributed by atoms with van der Waals surface area (Å²) in [6.45, 7) is -1.98. The van der Waals surface area contributed by atoms with Crippen LogP contribution in [-0.4, -0.2) is 41.0 Å². The van der Waals surface area contributed by atoms with E-state index < -0.39 is 36.8 Å². The summed E-state index contributed by atoms with van der Waals surface area (Å²) in [5.74, 6) is 0. The Morgan fingerprint density at radius 3 is 2.95 bits per heavy atom. The van der Waals surface area contributed by atoms with Crippen molar-refractivity contribution in [3.63, 3.8) is 0 Å². The van der Waals surface area contributed by atoms with Gasteiger partial charge in [0.1, 0.15) is 6.23 Å². The van der Waals surface area contributed by atoms with E-state index in [0.29, 0.717) is 5.56 Å². The van der Waals surface area contributed by atoms with Crippen LogP contribution in [-0.2, 0) is 13.8 Å². The molecule has 0 saturated carbocycles.